The van der Waals surface area contributed by atoms with Crippen molar-refractivity contribution < 1.29 is 0 Å². The average Bonchev–Trinajstić information content (AvgIpc) is 1.37. The minimum absolute atomic E-state index is 1.10. The lowest BCUT2D eigenvalue weighted by molar-refractivity contribution is 1.54. The summed E-state index contributed by atoms with van der Waals surface area (Å²) in [7, 11) is 1.55. The lowest BCUT2D eigenvalue weighted by Gasteiger charge is -1.68. The fourth-order valence-electron chi connectivity index (χ4n) is 0. The number of thiol groups is 1. The summed E-state index contributed by atoms with van der Waals surface area (Å²) < 4.78 is 0. The van der Waals surface area contributed by atoms with E-state index in [1.54, 1.807) is 10.8 Å². The van der Waals surface area contributed by atoms with Gasteiger partial charge in [0.05, 0.1) is 0 Å². The van der Waals surface area contributed by atoms with Crippen LogP contribution in [0, 0.1) is 0 Å². The van der Waals surface area contributed by atoms with Gasteiger partial charge in [-0.3, -0.25) is 0 Å². The van der Waals surface area contributed by atoms with Crippen LogP contribution < -0.4 is 0 Å². The van der Waals surface area contributed by atoms with E-state index in [9.17, 15) is 0 Å². The highest BCUT2D eigenvalue weighted by atomic mass is 33.1. The molecule has 0 heterocycles. The van der Waals surface area contributed by atoms with Crippen molar-refractivity contribution in [3.8, 4) is 0 Å². The molecule has 0 bridgehead atoms. The van der Waals surface area contributed by atoms with E-state index >= 15 is 0 Å². The molecule has 26 valence electrons. The third-order valence-electron chi connectivity index (χ3n) is 0.129. The Morgan fingerprint density at radius 2 is 2.25 bits per heavy atom. The van der Waals surface area contributed by atoms with Crippen molar-refractivity contribution in [1.29, 1.82) is 0 Å². The minimum atomic E-state index is 1.10. The molecule has 0 amide bonds. The molecular weight excluding hydrogens is 88.2 g/mol. The van der Waals surface area contributed by atoms with Crippen LogP contribution in [0.25, 0.3) is 0 Å². The minimum Gasteiger partial charge on any atom is -0.111 e. The molecule has 0 saturated heterocycles. The van der Waals surface area contributed by atoms with Gasteiger partial charge in [-0.25, -0.2) is 0 Å². The molecule has 0 aliphatic rings. The van der Waals surface area contributed by atoms with Crippen LogP contribution in [-0.2, 0) is 0 Å². The summed E-state index contributed by atoms with van der Waals surface area (Å²) in [6.07, 6.45) is 0. The fourth-order valence-corrected chi connectivity index (χ4v) is 0. The first-order valence-corrected chi connectivity index (χ1v) is 3.22. The lowest BCUT2D eigenvalue weighted by Crippen LogP contribution is -1.45. The first kappa shape index (κ1) is 4.70. The predicted octanol–water partition coefficient (Wildman–Crippen LogP) is 1.58. The van der Waals surface area contributed by atoms with Crippen molar-refractivity contribution in [3.05, 3.63) is 0 Å². The first-order valence-electron chi connectivity index (χ1n) is 1.18. The molecule has 0 aromatic heterocycles. The molecule has 0 atom stereocenters. The molecule has 0 N–H and O–H groups in total. The van der Waals surface area contributed by atoms with Gasteiger partial charge in [0.2, 0.25) is 0 Å². The Balaban J connectivity index is 1.97. The van der Waals surface area contributed by atoms with E-state index in [0.29, 0.717) is 0 Å². The second-order valence-corrected chi connectivity index (χ2v) is 2.03. The third-order valence-corrected chi connectivity index (χ3v) is 1.16. The fraction of sp³-hybridized carbons (Fsp3) is 1.00. The van der Waals surface area contributed by atoms with Gasteiger partial charge in [0.15, 0.2) is 0 Å². The van der Waals surface area contributed by atoms with Crippen molar-refractivity contribution in [2.45, 2.75) is 6.92 Å². The maximum Gasteiger partial charge on any atom is 0.000600 e. The molecule has 0 rings (SSSR count). The van der Waals surface area contributed by atoms with E-state index in [0.717, 1.165) is 5.75 Å². The molecular formula is C2H6S2. The van der Waals surface area contributed by atoms with E-state index in [2.05, 4.69) is 18.6 Å². The molecule has 0 fully saturated rings. The zero-order chi connectivity index (χ0) is 3.41. The van der Waals surface area contributed by atoms with Crippen molar-refractivity contribution in [3.63, 3.8) is 0 Å². The zero-order valence-corrected chi connectivity index (χ0v) is 4.27. The maximum atomic E-state index is 3.84. The van der Waals surface area contributed by atoms with Gasteiger partial charge in [-0.1, -0.05) is 17.7 Å². The monoisotopic (exact) mass is 94.0 g/mol. The van der Waals surface area contributed by atoms with Gasteiger partial charge in [-0.15, -0.1) is 11.7 Å². The van der Waals surface area contributed by atoms with Crippen LogP contribution >= 0.6 is 22.5 Å². The molecule has 0 aliphatic carbocycles. The Hall–Kier alpha value is 0.700. The van der Waals surface area contributed by atoms with E-state index < -0.39 is 0 Å². The summed E-state index contributed by atoms with van der Waals surface area (Å²) in [5, 5.41) is 0. The Kier molecular flexibility index (Phi) is 4.35. The molecule has 0 radical (unpaired) electrons. The molecule has 2 heteroatoms. The van der Waals surface area contributed by atoms with Crippen molar-refractivity contribution >= 4 is 22.5 Å². The van der Waals surface area contributed by atoms with E-state index in [4.69, 9.17) is 0 Å². The summed E-state index contributed by atoms with van der Waals surface area (Å²) in [6, 6.07) is 0. The molecule has 4 heavy (non-hydrogen) atoms. The first-order chi connectivity index (χ1) is 1.91. The summed E-state index contributed by atoms with van der Waals surface area (Å²) in [5.41, 5.74) is 0. The van der Waals surface area contributed by atoms with Crippen LogP contribution in [0.15, 0.2) is 0 Å². The van der Waals surface area contributed by atoms with Crippen LogP contribution in [-0.4, -0.2) is 5.75 Å². The highest BCUT2D eigenvalue weighted by Gasteiger charge is 1.56. The van der Waals surface area contributed by atoms with Gasteiger partial charge in [0.1, 0.15) is 0 Å². The van der Waals surface area contributed by atoms with Crippen LogP contribution in [0.3, 0.4) is 0 Å². The summed E-state index contributed by atoms with van der Waals surface area (Å²) >= 11 is 3.84. The summed E-state index contributed by atoms with van der Waals surface area (Å²) in [4.78, 5) is 0. The van der Waals surface area contributed by atoms with E-state index in [1.165, 1.54) is 0 Å². The van der Waals surface area contributed by atoms with Gasteiger partial charge in [0, 0.05) is 5.75 Å². The quantitative estimate of drug-likeness (QED) is 0.380. The zero-order valence-electron chi connectivity index (χ0n) is 2.56. The van der Waals surface area contributed by atoms with Gasteiger partial charge in [-0.05, 0) is 0 Å². The highest BCUT2D eigenvalue weighted by Crippen LogP contribution is 2.00. The highest BCUT2D eigenvalue weighted by molar-refractivity contribution is 8.68. The standard InChI is InChI=1S/C2H6S2/c1-2-4-3/h3H,2H2,1H3. The van der Waals surface area contributed by atoms with E-state index in [-0.39, 0.29) is 0 Å². The molecule has 0 aromatic rings. The largest absolute Gasteiger partial charge is 0.111 e. The molecule has 0 nitrogen and oxygen atoms in total. The smallest absolute Gasteiger partial charge is 0.000600 e. The van der Waals surface area contributed by atoms with Gasteiger partial charge in [0.25, 0.3) is 0 Å². The molecule has 0 saturated carbocycles. The summed E-state index contributed by atoms with van der Waals surface area (Å²) in [5.74, 6) is 1.10. The Labute approximate surface area is 35.8 Å². The lowest BCUT2D eigenvalue weighted by atomic mass is 11.0. The molecule has 0 aliphatic heterocycles. The Morgan fingerprint density at radius 3 is 2.25 bits per heavy atom. The van der Waals surface area contributed by atoms with Crippen LogP contribution in [0.5, 0.6) is 0 Å². The average molecular weight is 94.2 g/mol. The SMILES string of the molecule is CCSS. The number of hydrogen-bond donors (Lipinski definition) is 1. The van der Waals surface area contributed by atoms with Gasteiger partial charge < -0.3 is 0 Å². The molecule has 0 unspecified atom stereocenters. The van der Waals surface area contributed by atoms with Crippen molar-refractivity contribution in [2.75, 3.05) is 5.75 Å². The molecule has 0 spiro atoms. The third kappa shape index (κ3) is 2.70. The van der Waals surface area contributed by atoms with Crippen LogP contribution in [0.4, 0.5) is 0 Å². The van der Waals surface area contributed by atoms with Crippen LogP contribution in [0.2, 0.25) is 0 Å². The van der Waals surface area contributed by atoms with Gasteiger partial charge >= 0.3 is 0 Å². The van der Waals surface area contributed by atoms with Crippen molar-refractivity contribution in [1.82, 2.24) is 0 Å². The van der Waals surface area contributed by atoms with E-state index in [1.807, 2.05) is 0 Å². The number of rotatable bonds is 1. The second kappa shape index (κ2) is 3.70. The van der Waals surface area contributed by atoms with Crippen molar-refractivity contribution in [2.24, 2.45) is 0 Å². The van der Waals surface area contributed by atoms with Gasteiger partial charge in [-0.2, -0.15) is 0 Å². The number of hydrogen-bond acceptors (Lipinski definition) is 2. The summed E-state index contributed by atoms with van der Waals surface area (Å²) in [6.45, 7) is 2.07. The Bertz CT molecular complexity index is 6.00. The Morgan fingerprint density at radius 1 is 2.00 bits per heavy atom. The topological polar surface area (TPSA) is 0 Å². The normalized spacial score (nSPS) is 7.50. The van der Waals surface area contributed by atoms with Crippen LogP contribution in [0.1, 0.15) is 6.92 Å². The molecule has 0 aromatic carbocycles. The maximum absolute atomic E-state index is 3.84. The second-order valence-electron chi connectivity index (χ2n) is 0.418. The predicted molar refractivity (Wildman–Crippen MR) is 27.1 cm³/mol.